The molecule has 1 heterocycles. The van der Waals surface area contributed by atoms with Gasteiger partial charge in [-0.2, -0.15) is 0 Å². The van der Waals surface area contributed by atoms with Crippen molar-refractivity contribution in [2.45, 2.75) is 20.0 Å². The Morgan fingerprint density at radius 1 is 0.861 bits per heavy atom. The molecular weight excluding hydrogens is 454 g/mol. The van der Waals surface area contributed by atoms with Gasteiger partial charge in [-0.05, 0) is 65.2 Å². The molecule has 36 heavy (non-hydrogen) atoms. The Balaban J connectivity index is 0.00000148. The third-order valence-electron chi connectivity index (χ3n) is 5.92. The van der Waals surface area contributed by atoms with Gasteiger partial charge in [0.15, 0.2) is 0 Å². The molecule has 0 amide bonds. The molecule has 0 saturated heterocycles. The van der Waals surface area contributed by atoms with E-state index in [1.165, 1.54) is 0 Å². The van der Waals surface area contributed by atoms with Crippen LogP contribution in [0, 0.1) is 0 Å². The van der Waals surface area contributed by atoms with Gasteiger partial charge in [0.2, 0.25) is 0 Å². The van der Waals surface area contributed by atoms with Crippen molar-refractivity contribution in [2.24, 2.45) is 11.6 Å². The molecule has 0 atom stereocenters. The lowest BCUT2D eigenvalue weighted by molar-refractivity contribution is 0.0515. The molecule has 1 aromatic heterocycles. The predicted octanol–water partition coefficient (Wildman–Crippen LogP) is 5.60. The third-order valence-corrected chi connectivity index (χ3v) is 5.92. The summed E-state index contributed by atoms with van der Waals surface area (Å²) in [6.07, 6.45) is 0. The number of esters is 1. The van der Waals surface area contributed by atoms with Crippen LogP contribution in [0.4, 0.5) is 0 Å². The smallest absolute Gasteiger partial charge is 0.354 e. The molecule has 0 bridgehead atoms. The van der Waals surface area contributed by atoms with Crippen LogP contribution in [0.3, 0.4) is 0 Å². The number of fused-ring (bicyclic) bond motifs is 2. The Morgan fingerprint density at radius 2 is 1.61 bits per heavy atom. The molecule has 0 radical (unpaired) electrons. The highest BCUT2D eigenvalue weighted by atomic mass is 16.5. The van der Waals surface area contributed by atoms with Crippen LogP contribution in [-0.2, 0) is 17.8 Å². The van der Waals surface area contributed by atoms with Gasteiger partial charge in [0.05, 0.1) is 6.61 Å². The standard InChI is InChI=1S/C29H26N2O3.H3NO/c1-2-33-29(32)28-17-22-13-12-20(18-30)14-27(22)31(28)19-23-16-25(34-24-9-4-3-5-10-24)15-21-8-6-7-11-26(21)23;1-2/h3-17H,2,18-19,30H2,1H3;2H,1H2. The molecule has 0 aliphatic carbocycles. The molecule has 7 heteroatoms. The fraction of sp³-hybridized carbons (Fsp3) is 0.138. The zero-order valence-electron chi connectivity index (χ0n) is 20.1. The fourth-order valence-electron chi connectivity index (χ4n) is 4.32. The Hall–Kier alpha value is -4.17. The molecule has 5 N–H and O–H groups in total. The summed E-state index contributed by atoms with van der Waals surface area (Å²) in [5.41, 5.74) is 9.43. The van der Waals surface area contributed by atoms with E-state index in [-0.39, 0.29) is 5.97 Å². The lowest BCUT2D eigenvalue weighted by atomic mass is 10.0. The molecule has 0 fully saturated rings. The number of ether oxygens (including phenoxy) is 2. The van der Waals surface area contributed by atoms with Crippen molar-refractivity contribution in [3.63, 3.8) is 0 Å². The van der Waals surface area contributed by atoms with E-state index in [2.05, 4.69) is 18.0 Å². The number of rotatable bonds is 7. The summed E-state index contributed by atoms with van der Waals surface area (Å²) in [5.74, 6) is 4.68. The van der Waals surface area contributed by atoms with Crippen LogP contribution in [0.25, 0.3) is 21.7 Å². The minimum atomic E-state index is -0.339. The number of nitrogens with zero attached hydrogens (tertiary/aromatic N) is 1. The maximum atomic E-state index is 12.9. The minimum Gasteiger partial charge on any atom is -0.461 e. The van der Waals surface area contributed by atoms with Gasteiger partial charge in [-0.25, -0.2) is 10.7 Å². The highest BCUT2D eigenvalue weighted by Crippen LogP contribution is 2.31. The second kappa shape index (κ2) is 11.5. The van der Waals surface area contributed by atoms with Gasteiger partial charge in [-0.3, -0.25) is 0 Å². The summed E-state index contributed by atoms with van der Waals surface area (Å²) in [7, 11) is 0. The van der Waals surface area contributed by atoms with Crippen molar-refractivity contribution < 1.29 is 19.5 Å². The molecule has 7 nitrogen and oxygen atoms in total. The second-order valence-electron chi connectivity index (χ2n) is 8.15. The number of aromatic nitrogens is 1. The van der Waals surface area contributed by atoms with Crippen LogP contribution in [0.1, 0.15) is 28.5 Å². The van der Waals surface area contributed by atoms with E-state index in [0.29, 0.717) is 25.4 Å². The lowest BCUT2D eigenvalue weighted by Gasteiger charge is -2.15. The summed E-state index contributed by atoms with van der Waals surface area (Å²) in [6, 6.07) is 29.9. The number of hydrogen-bond donors (Lipinski definition) is 3. The number of hydrogen-bond acceptors (Lipinski definition) is 6. The highest BCUT2D eigenvalue weighted by Gasteiger charge is 2.18. The predicted molar refractivity (Wildman–Crippen MR) is 141 cm³/mol. The van der Waals surface area contributed by atoms with Gasteiger partial charge in [-0.15, -0.1) is 0 Å². The topological polar surface area (TPSA) is 113 Å². The third kappa shape index (κ3) is 5.23. The van der Waals surface area contributed by atoms with Crippen LogP contribution in [0.2, 0.25) is 0 Å². The number of nitrogens with two attached hydrogens (primary N) is 2. The molecule has 0 aliphatic heterocycles. The molecule has 4 aromatic carbocycles. The molecule has 0 unspecified atom stereocenters. The molecule has 184 valence electrons. The average Bonchev–Trinajstić information content (AvgIpc) is 3.28. The number of carbonyl (C=O) groups is 1. The number of para-hydroxylation sites is 1. The first-order chi connectivity index (χ1) is 17.7. The van der Waals surface area contributed by atoms with Crippen LogP contribution >= 0.6 is 0 Å². The molecule has 0 spiro atoms. The van der Waals surface area contributed by atoms with Gasteiger partial charge in [-0.1, -0.05) is 54.6 Å². The first-order valence-electron chi connectivity index (χ1n) is 11.7. The monoisotopic (exact) mass is 483 g/mol. The van der Waals surface area contributed by atoms with E-state index in [4.69, 9.17) is 20.4 Å². The van der Waals surface area contributed by atoms with Gasteiger partial charge in [0, 0.05) is 24.0 Å². The van der Waals surface area contributed by atoms with E-state index in [1.807, 2.05) is 90.4 Å². The van der Waals surface area contributed by atoms with Crippen LogP contribution in [0.15, 0.2) is 91.0 Å². The van der Waals surface area contributed by atoms with Crippen LogP contribution in [0.5, 0.6) is 11.5 Å². The van der Waals surface area contributed by atoms with E-state index < -0.39 is 0 Å². The van der Waals surface area contributed by atoms with Crippen molar-refractivity contribution in [1.82, 2.24) is 4.57 Å². The SMILES string of the molecule is CCOC(=O)c1cc2ccc(CN)cc2n1Cc1cc(Oc2ccccc2)cc2ccccc12.NO. The highest BCUT2D eigenvalue weighted by molar-refractivity contribution is 5.96. The number of carbonyl (C=O) groups excluding carboxylic acids is 1. The Morgan fingerprint density at radius 3 is 2.36 bits per heavy atom. The maximum Gasteiger partial charge on any atom is 0.354 e. The summed E-state index contributed by atoms with van der Waals surface area (Å²) in [4.78, 5) is 12.9. The van der Waals surface area contributed by atoms with Crippen molar-refractivity contribution >= 4 is 27.6 Å². The van der Waals surface area contributed by atoms with Gasteiger partial charge in [0.1, 0.15) is 17.2 Å². The summed E-state index contributed by atoms with van der Waals surface area (Å²) < 4.78 is 13.6. The van der Waals surface area contributed by atoms with Gasteiger partial charge < -0.3 is 25.0 Å². The van der Waals surface area contributed by atoms with Gasteiger partial charge >= 0.3 is 5.97 Å². The van der Waals surface area contributed by atoms with Crippen molar-refractivity contribution in [2.75, 3.05) is 6.61 Å². The Kier molecular flexibility index (Phi) is 7.97. The molecule has 5 aromatic rings. The van der Waals surface area contributed by atoms with E-state index in [9.17, 15) is 4.79 Å². The average molecular weight is 484 g/mol. The minimum absolute atomic E-state index is 0.317. The Bertz CT molecular complexity index is 1480. The normalized spacial score (nSPS) is 10.7. The van der Waals surface area contributed by atoms with E-state index in [0.717, 1.165) is 44.3 Å². The fourth-order valence-corrected chi connectivity index (χ4v) is 4.32. The quantitative estimate of drug-likeness (QED) is 0.205. The molecular formula is C29H29N3O4. The van der Waals surface area contributed by atoms with Gasteiger partial charge in [0.25, 0.3) is 0 Å². The van der Waals surface area contributed by atoms with E-state index >= 15 is 0 Å². The summed E-state index contributed by atoms with van der Waals surface area (Å²) in [5, 5.41) is 9.65. The molecule has 5 rings (SSSR count). The van der Waals surface area contributed by atoms with Crippen LogP contribution in [-0.4, -0.2) is 22.4 Å². The molecule has 0 aliphatic rings. The summed E-state index contributed by atoms with van der Waals surface area (Å²) >= 11 is 0. The van der Waals surface area contributed by atoms with Crippen molar-refractivity contribution in [3.8, 4) is 11.5 Å². The number of benzene rings is 4. The first kappa shape index (κ1) is 24.9. The zero-order valence-corrected chi connectivity index (χ0v) is 20.1. The van der Waals surface area contributed by atoms with E-state index in [1.54, 1.807) is 0 Å². The Labute approximate surface area is 209 Å². The van der Waals surface area contributed by atoms with Crippen molar-refractivity contribution in [3.05, 3.63) is 108 Å². The largest absolute Gasteiger partial charge is 0.461 e. The van der Waals surface area contributed by atoms with Crippen LogP contribution < -0.4 is 16.4 Å². The summed E-state index contributed by atoms with van der Waals surface area (Å²) in [6.45, 7) is 3.05. The van der Waals surface area contributed by atoms with Crippen molar-refractivity contribution in [1.29, 1.82) is 0 Å². The first-order valence-corrected chi connectivity index (χ1v) is 11.7. The zero-order chi connectivity index (χ0) is 25.5. The lowest BCUT2D eigenvalue weighted by Crippen LogP contribution is -2.13. The maximum absolute atomic E-state index is 12.9. The molecule has 0 saturated carbocycles. The second-order valence-corrected chi connectivity index (χ2v) is 8.15.